The number of esters is 2. The van der Waals surface area contributed by atoms with Crippen LogP contribution in [0.15, 0.2) is 96.3 Å². The molecule has 8 nitrogen and oxygen atoms in total. The van der Waals surface area contributed by atoms with Gasteiger partial charge in [-0.3, -0.25) is 0 Å². The highest BCUT2D eigenvalue weighted by Gasteiger charge is 2.37. The Labute approximate surface area is 228 Å². The molecule has 0 atom stereocenters. The Morgan fingerprint density at radius 1 is 0.692 bits per heavy atom. The van der Waals surface area contributed by atoms with Crippen molar-refractivity contribution in [3.63, 3.8) is 0 Å². The first-order chi connectivity index (χ1) is 19.0. The van der Waals surface area contributed by atoms with E-state index in [9.17, 15) is 9.59 Å². The van der Waals surface area contributed by atoms with E-state index in [1.165, 1.54) is 14.2 Å². The average Bonchev–Trinajstić information content (AvgIpc) is 2.99. The lowest BCUT2D eigenvalue weighted by Gasteiger charge is -2.31. The van der Waals surface area contributed by atoms with E-state index < -0.39 is 17.9 Å². The first kappa shape index (κ1) is 27.3. The molecule has 0 saturated carbocycles. The standard InChI is InChI=1S/C31H31NO7/c1-35-27-15-14-22(16-28(27)36-2)17-32-18-24(30(33)37-3)29(25(19-32)31(34)38-4)23-12-8-9-13-26(23)39-20-21-10-6-5-7-11-21/h5-16,18-19,29H,17,20H2,1-4H3. The van der Waals surface area contributed by atoms with Gasteiger partial charge in [-0.2, -0.15) is 0 Å². The molecule has 202 valence electrons. The maximum Gasteiger partial charge on any atom is 0.336 e. The van der Waals surface area contributed by atoms with E-state index in [0.29, 0.717) is 36.0 Å². The Balaban J connectivity index is 1.74. The van der Waals surface area contributed by atoms with Crippen molar-refractivity contribution in [2.45, 2.75) is 19.1 Å². The van der Waals surface area contributed by atoms with Gasteiger partial charge in [0.2, 0.25) is 0 Å². The minimum absolute atomic E-state index is 0.275. The van der Waals surface area contributed by atoms with E-state index in [1.54, 1.807) is 37.6 Å². The molecule has 3 aromatic carbocycles. The molecule has 0 aliphatic carbocycles. The fourth-order valence-electron chi connectivity index (χ4n) is 4.49. The van der Waals surface area contributed by atoms with E-state index >= 15 is 0 Å². The van der Waals surface area contributed by atoms with E-state index in [1.807, 2.05) is 66.7 Å². The molecule has 3 aromatic rings. The third kappa shape index (κ3) is 6.23. The molecule has 0 spiro atoms. The lowest BCUT2D eigenvalue weighted by atomic mass is 9.82. The summed E-state index contributed by atoms with van der Waals surface area (Å²) >= 11 is 0. The summed E-state index contributed by atoms with van der Waals surface area (Å²) in [4.78, 5) is 28.0. The van der Waals surface area contributed by atoms with Gasteiger partial charge >= 0.3 is 11.9 Å². The molecule has 0 aromatic heterocycles. The Morgan fingerprint density at radius 3 is 1.92 bits per heavy atom. The van der Waals surface area contributed by atoms with Crippen molar-refractivity contribution < 1.29 is 33.3 Å². The van der Waals surface area contributed by atoms with Crippen LogP contribution < -0.4 is 14.2 Å². The predicted octanol–water partition coefficient (Wildman–Crippen LogP) is 5.00. The zero-order valence-corrected chi connectivity index (χ0v) is 22.4. The summed E-state index contributed by atoms with van der Waals surface area (Å²) in [6, 6.07) is 22.6. The highest BCUT2D eigenvalue weighted by molar-refractivity contribution is 5.98. The summed E-state index contributed by atoms with van der Waals surface area (Å²) in [6.07, 6.45) is 3.38. The van der Waals surface area contributed by atoms with Crippen LogP contribution in [-0.4, -0.2) is 45.3 Å². The van der Waals surface area contributed by atoms with Crippen molar-refractivity contribution >= 4 is 11.9 Å². The van der Waals surface area contributed by atoms with Crippen LogP contribution in [0.2, 0.25) is 0 Å². The second-order valence-corrected chi connectivity index (χ2v) is 8.76. The lowest BCUT2D eigenvalue weighted by Crippen LogP contribution is -2.29. The van der Waals surface area contributed by atoms with E-state index in [0.717, 1.165) is 11.1 Å². The van der Waals surface area contributed by atoms with Crippen LogP contribution in [0, 0.1) is 0 Å². The number of rotatable bonds is 10. The van der Waals surface area contributed by atoms with Gasteiger partial charge < -0.3 is 28.6 Å². The number of nitrogens with zero attached hydrogens (tertiary/aromatic N) is 1. The van der Waals surface area contributed by atoms with Gasteiger partial charge in [0.25, 0.3) is 0 Å². The number of hydrogen-bond acceptors (Lipinski definition) is 8. The number of hydrogen-bond donors (Lipinski definition) is 0. The van der Waals surface area contributed by atoms with Crippen LogP contribution in [-0.2, 0) is 32.2 Å². The zero-order valence-electron chi connectivity index (χ0n) is 22.4. The van der Waals surface area contributed by atoms with Gasteiger partial charge in [0.1, 0.15) is 12.4 Å². The number of carbonyl (C=O) groups is 2. The number of para-hydroxylation sites is 1. The molecule has 0 amide bonds. The van der Waals surface area contributed by atoms with Crippen molar-refractivity contribution in [3.8, 4) is 17.2 Å². The topological polar surface area (TPSA) is 83.5 Å². The normalized spacial score (nSPS) is 13.2. The SMILES string of the molecule is COC(=O)C1=CN(Cc2ccc(OC)c(OC)c2)C=C(C(=O)OC)C1c1ccccc1OCc1ccccc1. The Hall–Kier alpha value is -4.72. The van der Waals surface area contributed by atoms with Gasteiger partial charge in [-0.15, -0.1) is 0 Å². The maximum absolute atomic E-state index is 13.1. The number of methoxy groups -OCH3 is 4. The molecule has 1 aliphatic heterocycles. The van der Waals surface area contributed by atoms with E-state index in [2.05, 4.69) is 0 Å². The summed E-state index contributed by atoms with van der Waals surface area (Å²) in [5, 5.41) is 0. The first-order valence-corrected chi connectivity index (χ1v) is 12.3. The minimum Gasteiger partial charge on any atom is -0.493 e. The summed E-state index contributed by atoms with van der Waals surface area (Å²) in [6.45, 7) is 0.671. The van der Waals surface area contributed by atoms with Crippen molar-refractivity contribution in [3.05, 3.63) is 113 Å². The maximum atomic E-state index is 13.1. The lowest BCUT2D eigenvalue weighted by molar-refractivity contribution is -0.137. The van der Waals surface area contributed by atoms with Gasteiger partial charge in [-0.1, -0.05) is 54.6 Å². The molecule has 4 rings (SSSR count). The summed E-state index contributed by atoms with van der Waals surface area (Å²) in [7, 11) is 5.76. The monoisotopic (exact) mass is 529 g/mol. The van der Waals surface area contributed by atoms with Gasteiger partial charge in [-0.25, -0.2) is 9.59 Å². The number of ether oxygens (including phenoxy) is 5. The van der Waals surface area contributed by atoms with E-state index in [-0.39, 0.29) is 11.1 Å². The highest BCUT2D eigenvalue weighted by Crippen LogP contribution is 2.41. The molecular weight excluding hydrogens is 498 g/mol. The first-order valence-electron chi connectivity index (χ1n) is 12.3. The van der Waals surface area contributed by atoms with Crippen LogP contribution in [0.25, 0.3) is 0 Å². The van der Waals surface area contributed by atoms with Crippen LogP contribution in [0.5, 0.6) is 17.2 Å². The molecule has 0 fully saturated rings. The van der Waals surface area contributed by atoms with Crippen molar-refractivity contribution in [1.82, 2.24) is 4.90 Å². The molecule has 0 radical (unpaired) electrons. The summed E-state index contributed by atoms with van der Waals surface area (Å²) in [5.41, 5.74) is 3.06. The third-order valence-corrected chi connectivity index (χ3v) is 6.35. The second kappa shape index (κ2) is 12.7. The molecule has 39 heavy (non-hydrogen) atoms. The van der Waals surface area contributed by atoms with Crippen LogP contribution in [0.1, 0.15) is 22.6 Å². The average molecular weight is 530 g/mol. The Bertz CT molecular complexity index is 1350. The fourth-order valence-corrected chi connectivity index (χ4v) is 4.49. The molecule has 0 unspecified atom stereocenters. The van der Waals surface area contributed by atoms with Crippen molar-refractivity contribution in [1.29, 1.82) is 0 Å². The molecule has 0 bridgehead atoms. The highest BCUT2D eigenvalue weighted by atomic mass is 16.5. The van der Waals surface area contributed by atoms with Crippen LogP contribution in [0.3, 0.4) is 0 Å². The molecule has 1 aliphatic rings. The van der Waals surface area contributed by atoms with Crippen LogP contribution in [0.4, 0.5) is 0 Å². The summed E-state index contributed by atoms with van der Waals surface area (Å²) in [5.74, 6) is -0.176. The quantitative estimate of drug-likeness (QED) is 0.340. The molecule has 0 saturated heterocycles. The second-order valence-electron chi connectivity index (χ2n) is 8.76. The molecular formula is C31H31NO7. The van der Waals surface area contributed by atoms with Gasteiger partial charge in [0, 0.05) is 24.5 Å². The van der Waals surface area contributed by atoms with Gasteiger partial charge in [-0.05, 0) is 29.3 Å². The third-order valence-electron chi connectivity index (χ3n) is 6.35. The fraction of sp³-hybridized carbons (Fsp3) is 0.226. The number of carbonyl (C=O) groups excluding carboxylic acids is 2. The largest absolute Gasteiger partial charge is 0.493 e. The Kier molecular flexibility index (Phi) is 8.89. The van der Waals surface area contributed by atoms with Crippen molar-refractivity contribution in [2.75, 3.05) is 28.4 Å². The molecule has 1 heterocycles. The van der Waals surface area contributed by atoms with Gasteiger partial charge in [0.05, 0.1) is 45.5 Å². The Morgan fingerprint density at radius 2 is 1.31 bits per heavy atom. The predicted molar refractivity (Wildman–Crippen MR) is 145 cm³/mol. The smallest absolute Gasteiger partial charge is 0.336 e. The van der Waals surface area contributed by atoms with E-state index in [4.69, 9.17) is 23.7 Å². The summed E-state index contributed by atoms with van der Waals surface area (Å²) < 4.78 is 27.2. The molecule has 8 heteroatoms. The van der Waals surface area contributed by atoms with Crippen LogP contribution >= 0.6 is 0 Å². The zero-order chi connectivity index (χ0) is 27.8. The minimum atomic E-state index is -0.765. The molecule has 0 N–H and O–H groups in total. The van der Waals surface area contributed by atoms with Gasteiger partial charge in [0.15, 0.2) is 11.5 Å². The number of benzene rings is 3. The van der Waals surface area contributed by atoms with Crippen molar-refractivity contribution in [2.24, 2.45) is 0 Å².